The van der Waals surface area contributed by atoms with Crippen LogP contribution in [0.15, 0.2) is 18.2 Å². The molecule has 18 heavy (non-hydrogen) atoms. The van der Waals surface area contributed by atoms with E-state index in [4.69, 9.17) is 0 Å². The third-order valence-corrected chi connectivity index (χ3v) is 3.61. The van der Waals surface area contributed by atoms with Crippen molar-refractivity contribution in [2.75, 3.05) is 0 Å². The number of rotatable bonds is 4. The quantitative estimate of drug-likeness (QED) is 0.867. The summed E-state index contributed by atoms with van der Waals surface area (Å²) in [5.74, 6) is -1.80. The predicted octanol–water partition coefficient (Wildman–Crippen LogP) is 2.92. The molecule has 0 aliphatic heterocycles. The summed E-state index contributed by atoms with van der Waals surface area (Å²) >= 11 is 0. The van der Waals surface area contributed by atoms with Gasteiger partial charge in [-0.05, 0) is 37.5 Å². The van der Waals surface area contributed by atoms with Crippen molar-refractivity contribution in [1.82, 2.24) is 5.32 Å². The molecule has 100 valence electrons. The van der Waals surface area contributed by atoms with Crippen LogP contribution in [-0.2, 0) is 0 Å². The predicted molar refractivity (Wildman–Crippen MR) is 66.2 cm³/mol. The molecule has 1 fully saturated rings. The van der Waals surface area contributed by atoms with Gasteiger partial charge < -0.3 is 10.4 Å². The summed E-state index contributed by atoms with van der Waals surface area (Å²) in [7, 11) is 0. The van der Waals surface area contributed by atoms with Gasteiger partial charge >= 0.3 is 0 Å². The van der Waals surface area contributed by atoms with Crippen molar-refractivity contribution in [3.8, 4) is 0 Å². The van der Waals surface area contributed by atoms with E-state index < -0.39 is 17.7 Å². The SMILES string of the molecule is CC(NC1CCCC1)C(O)c1ccc(F)c(F)c1. The molecule has 0 bridgehead atoms. The van der Waals surface area contributed by atoms with E-state index in [1.807, 2.05) is 6.92 Å². The third kappa shape index (κ3) is 3.06. The molecule has 1 aliphatic rings. The van der Waals surface area contributed by atoms with E-state index in [0.717, 1.165) is 25.0 Å². The van der Waals surface area contributed by atoms with Gasteiger partial charge in [-0.25, -0.2) is 8.78 Å². The van der Waals surface area contributed by atoms with E-state index >= 15 is 0 Å². The Bertz CT molecular complexity index is 405. The summed E-state index contributed by atoms with van der Waals surface area (Å²) in [6.07, 6.45) is 3.85. The van der Waals surface area contributed by atoms with Crippen molar-refractivity contribution in [2.24, 2.45) is 0 Å². The van der Waals surface area contributed by atoms with Crippen molar-refractivity contribution in [3.63, 3.8) is 0 Å². The summed E-state index contributed by atoms with van der Waals surface area (Å²) in [6, 6.07) is 3.80. The summed E-state index contributed by atoms with van der Waals surface area (Å²) < 4.78 is 25.9. The van der Waals surface area contributed by atoms with Gasteiger partial charge in [-0.3, -0.25) is 0 Å². The van der Waals surface area contributed by atoms with Gasteiger partial charge in [-0.2, -0.15) is 0 Å². The Hall–Kier alpha value is -1.00. The monoisotopic (exact) mass is 255 g/mol. The fourth-order valence-corrected chi connectivity index (χ4v) is 2.54. The fraction of sp³-hybridized carbons (Fsp3) is 0.571. The van der Waals surface area contributed by atoms with Crippen LogP contribution in [0.1, 0.15) is 44.3 Å². The second-order valence-electron chi connectivity index (χ2n) is 5.06. The highest BCUT2D eigenvalue weighted by atomic mass is 19.2. The molecule has 2 nitrogen and oxygen atoms in total. The summed E-state index contributed by atoms with van der Waals surface area (Å²) in [5.41, 5.74) is 0.409. The topological polar surface area (TPSA) is 32.3 Å². The maximum absolute atomic E-state index is 13.1. The lowest BCUT2D eigenvalue weighted by Gasteiger charge is -2.24. The number of hydrogen-bond acceptors (Lipinski definition) is 2. The van der Waals surface area contributed by atoms with Gasteiger partial charge in [0.2, 0.25) is 0 Å². The molecule has 0 heterocycles. The highest BCUT2D eigenvalue weighted by molar-refractivity contribution is 5.21. The first-order valence-corrected chi connectivity index (χ1v) is 6.47. The number of aliphatic hydroxyl groups is 1. The first-order valence-electron chi connectivity index (χ1n) is 6.47. The van der Waals surface area contributed by atoms with Crippen LogP contribution in [0.2, 0.25) is 0 Å². The smallest absolute Gasteiger partial charge is 0.159 e. The minimum atomic E-state index is -0.917. The van der Waals surface area contributed by atoms with E-state index in [1.54, 1.807) is 0 Å². The maximum Gasteiger partial charge on any atom is 0.159 e. The average Bonchev–Trinajstić information content (AvgIpc) is 2.84. The zero-order chi connectivity index (χ0) is 13.1. The summed E-state index contributed by atoms with van der Waals surface area (Å²) in [4.78, 5) is 0. The number of benzene rings is 1. The Morgan fingerprint density at radius 2 is 1.89 bits per heavy atom. The van der Waals surface area contributed by atoms with Crippen LogP contribution in [0, 0.1) is 11.6 Å². The molecule has 2 unspecified atom stereocenters. The van der Waals surface area contributed by atoms with Crippen molar-refractivity contribution >= 4 is 0 Å². The van der Waals surface area contributed by atoms with Crippen molar-refractivity contribution in [1.29, 1.82) is 0 Å². The van der Waals surface area contributed by atoms with E-state index in [9.17, 15) is 13.9 Å². The molecular formula is C14H19F2NO. The van der Waals surface area contributed by atoms with Gasteiger partial charge in [-0.15, -0.1) is 0 Å². The molecule has 2 rings (SSSR count). The maximum atomic E-state index is 13.1. The first kappa shape index (κ1) is 13.4. The number of aliphatic hydroxyl groups excluding tert-OH is 1. The summed E-state index contributed by atoms with van der Waals surface area (Å²) in [5, 5.41) is 13.5. The fourth-order valence-electron chi connectivity index (χ4n) is 2.54. The minimum Gasteiger partial charge on any atom is -0.387 e. The lowest BCUT2D eigenvalue weighted by atomic mass is 10.0. The lowest BCUT2D eigenvalue weighted by Crippen LogP contribution is -2.38. The molecule has 0 aromatic heterocycles. The van der Waals surface area contributed by atoms with Gasteiger partial charge in [0.1, 0.15) is 0 Å². The van der Waals surface area contributed by atoms with Crippen molar-refractivity contribution < 1.29 is 13.9 Å². The molecule has 1 aliphatic carbocycles. The molecule has 0 radical (unpaired) electrons. The molecule has 1 aromatic carbocycles. The van der Waals surface area contributed by atoms with E-state index in [0.29, 0.717) is 11.6 Å². The molecule has 0 spiro atoms. The van der Waals surface area contributed by atoms with Crippen LogP contribution in [0.3, 0.4) is 0 Å². The standard InChI is InChI=1S/C14H19F2NO/c1-9(17-11-4-2-3-5-11)14(18)10-6-7-12(15)13(16)8-10/h6-9,11,14,17-18H,2-5H2,1H3. The van der Waals surface area contributed by atoms with Crippen LogP contribution in [0.4, 0.5) is 8.78 Å². The second kappa shape index (κ2) is 5.76. The molecular weight excluding hydrogens is 236 g/mol. The van der Waals surface area contributed by atoms with Crippen LogP contribution >= 0.6 is 0 Å². The van der Waals surface area contributed by atoms with Crippen LogP contribution < -0.4 is 5.32 Å². The highest BCUT2D eigenvalue weighted by Crippen LogP contribution is 2.23. The van der Waals surface area contributed by atoms with Gasteiger partial charge in [0.15, 0.2) is 11.6 Å². The molecule has 0 amide bonds. The molecule has 4 heteroatoms. The van der Waals surface area contributed by atoms with Crippen molar-refractivity contribution in [3.05, 3.63) is 35.4 Å². The third-order valence-electron chi connectivity index (χ3n) is 3.61. The molecule has 2 N–H and O–H groups in total. The van der Waals surface area contributed by atoms with Crippen LogP contribution in [0.5, 0.6) is 0 Å². The second-order valence-corrected chi connectivity index (χ2v) is 5.06. The zero-order valence-electron chi connectivity index (χ0n) is 10.5. The number of halogens is 2. The van der Waals surface area contributed by atoms with Gasteiger partial charge in [0.05, 0.1) is 6.10 Å². The number of nitrogens with one attached hydrogen (secondary N) is 1. The number of hydrogen-bond donors (Lipinski definition) is 2. The van der Waals surface area contributed by atoms with Crippen molar-refractivity contribution in [2.45, 2.75) is 50.8 Å². The highest BCUT2D eigenvalue weighted by Gasteiger charge is 2.22. The zero-order valence-corrected chi connectivity index (χ0v) is 10.5. The Kier molecular flexibility index (Phi) is 4.30. The average molecular weight is 255 g/mol. The Morgan fingerprint density at radius 1 is 1.22 bits per heavy atom. The van der Waals surface area contributed by atoms with E-state index in [1.165, 1.54) is 18.9 Å². The minimum absolute atomic E-state index is 0.169. The Morgan fingerprint density at radius 3 is 2.50 bits per heavy atom. The summed E-state index contributed by atoms with van der Waals surface area (Å²) in [6.45, 7) is 1.87. The van der Waals surface area contributed by atoms with Gasteiger partial charge in [0, 0.05) is 12.1 Å². The van der Waals surface area contributed by atoms with Crippen LogP contribution in [0.25, 0.3) is 0 Å². The van der Waals surface area contributed by atoms with Gasteiger partial charge in [0.25, 0.3) is 0 Å². The lowest BCUT2D eigenvalue weighted by molar-refractivity contribution is 0.129. The van der Waals surface area contributed by atoms with Gasteiger partial charge in [-0.1, -0.05) is 18.9 Å². The molecule has 0 saturated heterocycles. The Labute approximate surface area is 106 Å². The first-order chi connectivity index (χ1) is 8.58. The van der Waals surface area contributed by atoms with E-state index in [-0.39, 0.29) is 6.04 Å². The van der Waals surface area contributed by atoms with Crippen LogP contribution in [-0.4, -0.2) is 17.2 Å². The Balaban J connectivity index is 2.00. The molecule has 1 saturated carbocycles. The molecule has 1 aromatic rings. The molecule has 2 atom stereocenters. The largest absolute Gasteiger partial charge is 0.387 e. The van der Waals surface area contributed by atoms with E-state index in [2.05, 4.69) is 5.32 Å². The normalized spacial score (nSPS) is 20.0.